The first-order valence-corrected chi connectivity index (χ1v) is 5.77. The van der Waals surface area contributed by atoms with Gasteiger partial charge in [0.1, 0.15) is 5.82 Å². The van der Waals surface area contributed by atoms with E-state index < -0.39 is 0 Å². The molecule has 0 bridgehead atoms. The molecule has 0 atom stereocenters. The third kappa shape index (κ3) is 1.59. The SMILES string of the molecule is CN(C)c1c(F)cccc1C1(CN)CCC1. The van der Waals surface area contributed by atoms with Gasteiger partial charge in [-0.1, -0.05) is 18.6 Å². The molecule has 0 spiro atoms. The van der Waals surface area contributed by atoms with Gasteiger partial charge in [0.05, 0.1) is 5.69 Å². The molecular formula is C13H19FN2. The quantitative estimate of drug-likeness (QED) is 0.850. The van der Waals surface area contributed by atoms with Gasteiger partial charge in [-0.05, 0) is 24.5 Å². The summed E-state index contributed by atoms with van der Waals surface area (Å²) >= 11 is 0. The summed E-state index contributed by atoms with van der Waals surface area (Å²) in [4.78, 5) is 1.85. The lowest BCUT2D eigenvalue weighted by Crippen LogP contribution is -2.42. The van der Waals surface area contributed by atoms with Crippen LogP contribution in [-0.4, -0.2) is 20.6 Å². The van der Waals surface area contributed by atoms with E-state index in [9.17, 15) is 4.39 Å². The highest BCUT2D eigenvalue weighted by Crippen LogP contribution is 2.46. The first-order valence-electron chi connectivity index (χ1n) is 5.77. The molecule has 2 nitrogen and oxygen atoms in total. The zero-order valence-corrected chi connectivity index (χ0v) is 9.96. The van der Waals surface area contributed by atoms with Crippen molar-refractivity contribution in [1.82, 2.24) is 0 Å². The van der Waals surface area contributed by atoms with Gasteiger partial charge in [0.15, 0.2) is 0 Å². The van der Waals surface area contributed by atoms with E-state index in [-0.39, 0.29) is 11.2 Å². The van der Waals surface area contributed by atoms with Crippen LogP contribution in [0, 0.1) is 5.82 Å². The zero-order chi connectivity index (χ0) is 11.8. The Bertz CT molecular complexity index is 378. The van der Waals surface area contributed by atoms with E-state index in [1.807, 2.05) is 25.1 Å². The first-order chi connectivity index (χ1) is 7.60. The van der Waals surface area contributed by atoms with E-state index in [4.69, 9.17) is 5.73 Å². The molecule has 2 rings (SSSR count). The molecule has 1 aliphatic rings. The topological polar surface area (TPSA) is 29.3 Å². The molecule has 1 aliphatic carbocycles. The molecule has 1 fully saturated rings. The van der Waals surface area contributed by atoms with Crippen molar-refractivity contribution < 1.29 is 4.39 Å². The van der Waals surface area contributed by atoms with Gasteiger partial charge in [0.25, 0.3) is 0 Å². The van der Waals surface area contributed by atoms with Gasteiger partial charge in [-0.15, -0.1) is 0 Å². The van der Waals surface area contributed by atoms with Gasteiger partial charge in [-0.25, -0.2) is 4.39 Å². The average Bonchev–Trinajstić information content (AvgIpc) is 2.16. The maximum Gasteiger partial charge on any atom is 0.146 e. The summed E-state index contributed by atoms with van der Waals surface area (Å²) in [6.45, 7) is 0.608. The van der Waals surface area contributed by atoms with Crippen molar-refractivity contribution in [2.45, 2.75) is 24.7 Å². The van der Waals surface area contributed by atoms with Crippen molar-refractivity contribution in [3.63, 3.8) is 0 Å². The monoisotopic (exact) mass is 222 g/mol. The molecule has 0 radical (unpaired) electrons. The van der Waals surface area contributed by atoms with Crippen LogP contribution in [-0.2, 0) is 5.41 Å². The standard InChI is InChI=1S/C13H19FN2/c1-16(2)12-10(5-3-6-11(12)14)13(9-15)7-4-8-13/h3,5-6H,4,7-9,15H2,1-2H3. The first kappa shape index (κ1) is 11.4. The van der Waals surface area contributed by atoms with Gasteiger partial charge < -0.3 is 10.6 Å². The number of hydrogen-bond acceptors (Lipinski definition) is 2. The van der Waals surface area contributed by atoms with Crippen molar-refractivity contribution in [3.8, 4) is 0 Å². The highest BCUT2D eigenvalue weighted by atomic mass is 19.1. The highest BCUT2D eigenvalue weighted by Gasteiger charge is 2.39. The molecular weight excluding hydrogens is 203 g/mol. The minimum atomic E-state index is -0.151. The van der Waals surface area contributed by atoms with Crippen LogP contribution in [0.25, 0.3) is 0 Å². The Morgan fingerprint density at radius 3 is 2.50 bits per heavy atom. The fraction of sp³-hybridized carbons (Fsp3) is 0.538. The summed E-state index contributed by atoms with van der Waals surface area (Å²) in [7, 11) is 3.76. The maximum absolute atomic E-state index is 13.8. The fourth-order valence-corrected chi connectivity index (χ4v) is 2.58. The number of hydrogen-bond donors (Lipinski definition) is 1. The molecule has 1 saturated carbocycles. The van der Waals surface area contributed by atoms with Crippen molar-refractivity contribution in [1.29, 1.82) is 0 Å². The van der Waals surface area contributed by atoms with Crippen LogP contribution >= 0.6 is 0 Å². The summed E-state index contributed by atoms with van der Waals surface area (Å²) in [5, 5.41) is 0. The molecule has 3 heteroatoms. The van der Waals surface area contributed by atoms with Crippen molar-refractivity contribution in [2.24, 2.45) is 5.73 Å². The number of benzene rings is 1. The molecule has 0 aliphatic heterocycles. The number of nitrogens with two attached hydrogens (primary N) is 1. The Hall–Kier alpha value is -1.09. The van der Waals surface area contributed by atoms with Crippen LogP contribution in [0.4, 0.5) is 10.1 Å². The third-order valence-electron chi connectivity index (χ3n) is 3.71. The molecule has 88 valence electrons. The molecule has 16 heavy (non-hydrogen) atoms. The molecule has 0 saturated heterocycles. The van der Waals surface area contributed by atoms with Crippen LogP contribution in [0.3, 0.4) is 0 Å². The van der Waals surface area contributed by atoms with Crippen LogP contribution in [0.5, 0.6) is 0 Å². The summed E-state index contributed by atoms with van der Waals surface area (Å²) in [6.07, 6.45) is 3.35. The Kier molecular flexibility index (Phi) is 2.89. The Labute approximate surface area is 96.2 Å². The Morgan fingerprint density at radius 1 is 1.38 bits per heavy atom. The smallest absolute Gasteiger partial charge is 0.146 e. The summed E-state index contributed by atoms with van der Waals surface area (Å²) in [5.41, 5.74) is 7.67. The van der Waals surface area contributed by atoms with Crippen LogP contribution in [0.1, 0.15) is 24.8 Å². The van der Waals surface area contributed by atoms with E-state index in [1.54, 1.807) is 6.07 Å². The molecule has 1 aromatic carbocycles. The average molecular weight is 222 g/mol. The second-order valence-corrected chi connectivity index (χ2v) is 4.87. The fourth-order valence-electron chi connectivity index (χ4n) is 2.58. The zero-order valence-electron chi connectivity index (χ0n) is 9.96. The van der Waals surface area contributed by atoms with Crippen molar-refractivity contribution >= 4 is 5.69 Å². The predicted molar refractivity (Wildman–Crippen MR) is 65.3 cm³/mol. The van der Waals surface area contributed by atoms with Crippen LogP contribution < -0.4 is 10.6 Å². The van der Waals surface area contributed by atoms with E-state index in [0.717, 1.165) is 18.4 Å². The second kappa shape index (κ2) is 4.06. The molecule has 2 N–H and O–H groups in total. The second-order valence-electron chi connectivity index (χ2n) is 4.87. The minimum absolute atomic E-state index is 0.0156. The van der Waals surface area contributed by atoms with Gasteiger partial charge in [0.2, 0.25) is 0 Å². The van der Waals surface area contributed by atoms with E-state index in [1.165, 1.54) is 12.5 Å². The van der Waals surface area contributed by atoms with Gasteiger partial charge in [-0.3, -0.25) is 0 Å². The summed E-state index contributed by atoms with van der Waals surface area (Å²) in [6, 6.07) is 5.32. The Balaban J connectivity index is 2.51. The number of anilines is 1. The summed E-state index contributed by atoms with van der Waals surface area (Å²) in [5.74, 6) is -0.151. The maximum atomic E-state index is 13.8. The lowest BCUT2D eigenvalue weighted by atomic mass is 9.64. The van der Waals surface area contributed by atoms with E-state index in [0.29, 0.717) is 12.2 Å². The highest BCUT2D eigenvalue weighted by molar-refractivity contribution is 5.58. The number of halogens is 1. The van der Waals surface area contributed by atoms with Gasteiger partial charge in [-0.2, -0.15) is 0 Å². The molecule has 0 heterocycles. The van der Waals surface area contributed by atoms with E-state index >= 15 is 0 Å². The van der Waals surface area contributed by atoms with Crippen LogP contribution in [0.2, 0.25) is 0 Å². The molecule has 0 unspecified atom stereocenters. The lowest BCUT2D eigenvalue weighted by Gasteiger charge is -2.43. The summed E-state index contributed by atoms with van der Waals surface area (Å²) < 4.78 is 13.8. The number of rotatable bonds is 3. The molecule has 0 aromatic heterocycles. The van der Waals surface area contributed by atoms with Crippen molar-refractivity contribution in [2.75, 3.05) is 25.5 Å². The minimum Gasteiger partial charge on any atom is -0.375 e. The predicted octanol–water partition coefficient (Wildman–Crippen LogP) is 2.27. The van der Waals surface area contributed by atoms with Gasteiger partial charge >= 0.3 is 0 Å². The Morgan fingerprint density at radius 2 is 2.06 bits per heavy atom. The molecule has 1 aromatic rings. The largest absolute Gasteiger partial charge is 0.375 e. The molecule has 0 amide bonds. The third-order valence-corrected chi connectivity index (χ3v) is 3.71. The van der Waals surface area contributed by atoms with E-state index in [2.05, 4.69) is 0 Å². The normalized spacial score (nSPS) is 18.0. The van der Waals surface area contributed by atoms with Crippen LogP contribution in [0.15, 0.2) is 18.2 Å². The van der Waals surface area contributed by atoms with Gasteiger partial charge in [0, 0.05) is 26.1 Å². The number of nitrogens with zero attached hydrogens (tertiary/aromatic N) is 1. The lowest BCUT2D eigenvalue weighted by molar-refractivity contribution is 0.253. The van der Waals surface area contributed by atoms with Crippen molar-refractivity contribution in [3.05, 3.63) is 29.6 Å². The number of para-hydroxylation sites is 1.